The topological polar surface area (TPSA) is 46.5 Å². The van der Waals surface area contributed by atoms with Crippen molar-refractivity contribution in [3.05, 3.63) is 0 Å². The summed E-state index contributed by atoms with van der Waals surface area (Å²) in [6.07, 6.45) is 24.2. The van der Waals surface area contributed by atoms with Gasteiger partial charge >= 0.3 is 5.97 Å². The summed E-state index contributed by atoms with van der Waals surface area (Å²) in [5.41, 5.74) is 0. The minimum absolute atomic E-state index is 0.0642. The van der Waals surface area contributed by atoms with E-state index in [2.05, 4.69) is 11.7 Å². The normalized spacial score (nSPS) is 12.3. The van der Waals surface area contributed by atoms with E-state index in [1.54, 1.807) is 0 Å². The Morgan fingerprint density at radius 2 is 1.04 bits per heavy atom. The van der Waals surface area contributed by atoms with E-state index in [-0.39, 0.29) is 12.1 Å². The average Bonchev–Trinajstić information content (AvgIpc) is 2.67. The minimum Gasteiger partial charge on any atom is -0.469 e. The van der Waals surface area contributed by atoms with Crippen LogP contribution in [0.15, 0.2) is 0 Å². The summed E-state index contributed by atoms with van der Waals surface area (Å²) >= 11 is 0. The highest BCUT2D eigenvalue weighted by molar-refractivity contribution is 5.68. The Balaban J connectivity index is 3.15. The highest BCUT2D eigenvalue weighted by Gasteiger charge is 2.04. The molecular weight excluding hydrogens is 336 g/mol. The van der Waals surface area contributed by atoms with Gasteiger partial charge in [0.2, 0.25) is 0 Å². The molecule has 0 saturated heterocycles. The van der Waals surface area contributed by atoms with Crippen LogP contribution in [0.1, 0.15) is 135 Å². The zero-order chi connectivity index (χ0) is 20.0. The molecule has 1 unspecified atom stereocenters. The van der Waals surface area contributed by atoms with Crippen LogP contribution in [0.2, 0.25) is 0 Å². The standard InChI is InChI=1S/C24H48O3/c1-3-4-5-6-11-14-17-20-23(25)21-18-15-12-9-7-8-10-13-16-19-22-24(26)27-2/h23,25H,3-22H2,1-2H3. The summed E-state index contributed by atoms with van der Waals surface area (Å²) in [7, 11) is 1.46. The van der Waals surface area contributed by atoms with Crippen molar-refractivity contribution in [3.8, 4) is 0 Å². The molecule has 3 nitrogen and oxygen atoms in total. The molecule has 0 bridgehead atoms. The average molecular weight is 385 g/mol. The zero-order valence-corrected chi connectivity index (χ0v) is 18.5. The van der Waals surface area contributed by atoms with Crippen LogP contribution in [0, 0.1) is 0 Å². The highest BCUT2D eigenvalue weighted by Crippen LogP contribution is 2.15. The molecule has 0 radical (unpaired) electrons. The summed E-state index contributed by atoms with van der Waals surface area (Å²) < 4.78 is 4.64. The molecule has 0 aromatic heterocycles. The van der Waals surface area contributed by atoms with Gasteiger partial charge in [-0.3, -0.25) is 4.79 Å². The van der Waals surface area contributed by atoms with Crippen LogP contribution in [-0.4, -0.2) is 24.3 Å². The fraction of sp³-hybridized carbons (Fsp3) is 0.958. The number of aliphatic hydroxyl groups is 1. The fourth-order valence-electron chi connectivity index (χ4n) is 3.65. The second-order valence-electron chi connectivity index (χ2n) is 8.21. The summed E-state index contributed by atoms with van der Waals surface area (Å²) in [5, 5.41) is 10.1. The van der Waals surface area contributed by atoms with Crippen molar-refractivity contribution in [2.75, 3.05) is 7.11 Å². The minimum atomic E-state index is -0.0810. The molecule has 3 heteroatoms. The Kier molecular flexibility index (Phi) is 21.3. The van der Waals surface area contributed by atoms with E-state index < -0.39 is 0 Å². The second kappa shape index (κ2) is 21.7. The Hall–Kier alpha value is -0.570. The number of unbranched alkanes of at least 4 members (excludes halogenated alkanes) is 15. The maximum atomic E-state index is 11.0. The molecule has 162 valence electrons. The first kappa shape index (κ1) is 26.4. The third-order valence-electron chi connectivity index (χ3n) is 5.54. The van der Waals surface area contributed by atoms with Gasteiger partial charge in [-0.25, -0.2) is 0 Å². The summed E-state index contributed by atoms with van der Waals surface area (Å²) in [6, 6.07) is 0. The molecule has 0 aliphatic rings. The van der Waals surface area contributed by atoms with Crippen molar-refractivity contribution in [1.29, 1.82) is 0 Å². The van der Waals surface area contributed by atoms with Crippen LogP contribution in [-0.2, 0) is 9.53 Å². The van der Waals surface area contributed by atoms with Crippen molar-refractivity contribution in [1.82, 2.24) is 0 Å². The first-order valence-corrected chi connectivity index (χ1v) is 12.0. The van der Waals surface area contributed by atoms with Crippen LogP contribution in [0.3, 0.4) is 0 Å². The molecular formula is C24H48O3. The van der Waals surface area contributed by atoms with Gasteiger partial charge in [-0.15, -0.1) is 0 Å². The Morgan fingerprint density at radius 3 is 1.44 bits per heavy atom. The zero-order valence-electron chi connectivity index (χ0n) is 18.5. The van der Waals surface area contributed by atoms with E-state index >= 15 is 0 Å². The molecule has 0 aromatic rings. The Labute approximate surface area is 169 Å². The van der Waals surface area contributed by atoms with Gasteiger partial charge in [-0.1, -0.05) is 110 Å². The lowest BCUT2D eigenvalue weighted by atomic mass is 10.0. The molecule has 0 aromatic carbocycles. The predicted octanol–water partition coefficient (Wildman–Crippen LogP) is 7.34. The molecule has 0 rings (SSSR count). The number of aliphatic hydroxyl groups excluding tert-OH is 1. The van der Waals surface area contributed by atoms with Crippen LogP contribution in [0.4, 0.5) is 0 Å². The van der Waals surface area contributed by atoms with Gasteiger partial charge in [-0.05, 0) is 19.3 Å². The lowest BCUT2D eigenvalue weighted by molar-refractivity contribution is -0.140. The summed E-state index contributed by atoms with van der Waals surface area (Å²) in [4.78, 5) is 11.0. The van der Waals surface area contributed by atoms with Crippen molar-refractivity contribution < 1.29 is 14.6 Å². The van der Waals surface area contributed by atoms with Gasteiger partial charge in [0, 0.05) is 6.42 Å². The molecule has 0 fully saturated rings. The molecule has 0 amide bonds. The SMILES string of the molecule is CCCCCCCCCC(O)CCCCCCCCCCCCC(=O)OC. The van der Waals surface area contributed by atoms with Gasteiger partial charge in [0.15, 0.2) is 0 Å². The quantitative estimate of drug-likeness (QED) is 0.166. The van der Waals surface area contributed by atoms with Crippen LogP contribution >= 0.6 is 0 Å². The third kappa shape index (κ3) is 21.6. The number of rotatable bonds is 21. The highest BCUT2D eigenvalue weighted by atomic mass is 16.5. The van der Waals surface area contributed by atoms with Gasteiger partial charge in [0.25, 0.3) is 0 Å². The number of ether oxygens (including phenoxy) is 1. The number of carbonyl (C=O) groups excluding carboxylic acids is 1. The Bertz CT molecular complexity index is 304. The molecule has 0 aliphatic carbocycles. The van der Waals surface area contributed by atoms with Gasteiger partial charge < -0.3 is 9.84 Å². The van der Waals surface area contributed by atoms with Gasteiger partial charge in [0.1, 0.15) is 0 Å². The summed E-state index contributed by atoms with van der Waals surface area (Å²) in [6.45, 7) is 2.26. The van der Waals surface area contributed by atoms with E-state index in [1.165, 1.54) is 103 Å². The number of esters is 1. The molecule has 1 atom stereocenters. The molecule has 1 N–H and O–H groups in total. The lowest BCUT2D eigenvalue weighted by Gasteiger charge is -2.10. The monoisotopic (exact) mass is 384 g/mol. The maximum Gasteiger partial charge on any atom is 0.305 e. The second-order valence-corrected chi connectivity index (χ2v) is 8.21. The predicted molar refractivity (Wildman–Crippen MR) is 116 cm³/mol. The van der Waals surface area contributed by atoms with E-state index in [0.717, 1.165) is 25.7 Å². The number of hydrogen-bond acceptors (Lipinski definition) is 3. The van der Waals surface area contributed by atoms with E-state index in [4.69, 9.17) is 0 Å². The first-order valence-electron chi connectivity index (χ1n) is 12.0. The third-order valence-corrected chi connectivity index (χ3v) is 5.54. The van der Waals surface area contributed by atoms with Crippen LogP contribution < -0.4 is 0 Å². The Morgan fingerprint density at radius 1 is 0.667 bits per heavy atom. The molecule has 0 spiro atoms. The lowest BCUT2D eigenvalue weighted by Crippen LogP contribution is -2.05. The van der Waals surface area contributed by atoms with Crippen LogP contribution in [0.25, 0.3) is 0 Å². The molecule has 0 heterocycles. The number of carbonyl (C=O) groups is 1. The van der Waals surface area contributed by atoms with Crippen molar-refractivity contribution in [3.63, 3.8) is 0 Å². The number of hydrogen-bond donors (Lipinski definition) is 1. The van der Waals surface area contributed by atoms with E-state index in [9.17, 15) is 9.90 Å². The first-order chi connectivity index (χ1) is 13.2. The van der Waals surface area contributed by atoms with Crippen molar-refractivity contribution >= 4 is 5.97 Å². The molecule has 0 saturated carbocycles. The van der Waals surface area contributed by atoms with Gasteiger partial charge in [0.05, 0.1) is 13.2 Å². The molecule has 0 aliphatic heterocycles. The van der Waals surface area contributed by atoms with Gasteiger partial charge in [-0.2, -0.15) is 0 Å². The maximum absolute atomic E-state index is 11.0. The van der Waals surface area contributed by atoms with Crippen molar-refractivity contribution in [2.24, 2.45) is 0 Å². The van der Waals surface area contributed by atoms with Crippen molar-refractivity contribution in [2.45, 2.75) is 141 Å². The fourth-order valence-corrected chi connectivity index (χ4v) is 3.65. The van der Waals surface area contributed by atoms with E-state index in [1.807, 2.05) is 0 Å². The summed E-state index contributed by atoms with van der Waals surface area (Å²) in [5.74, 6) is -0.0810. The van der Waals surface area contributed by atoms with Crippen LogP contribution in [0.5, 0.6) is 0 Å². The van der Waals surface area contributed by atoms with E-state index in [0.29, 0.717) is 6.42 Å². The largest absolute Gasteiger partial charge is 0.469 e. The smallest absolute Gasteiger partial charge is 0.305 e. The number of methoxy groups -OCH3 is 1. The molecule has 27 heavy (non-hydrogen) atoms.